The van der Waals surface area contributed by atoms with Crippen molar-refractivity contribution in [3.05, 3.63) is 24.4 Å². The summed E-state index contributed by atoms with van der Waals surface area (Å²) in [5.41, 5.74) is 0. The molecule has 0 aromatic carbocycles. The molecular formula is C13H20N2. The average Bonchev–Trinajstić information content (AvgIpc) is 2.17. The second kappa shape index (κ2) is 4.65. The molecule has 2 nitrogen and oxygen atoms in total. The van der Waals surface area contributed by atoms with Crippen LogP contribution in [0.15, 0.2) is 24.4 Å². The third-order valence-corrected chi connectivity index (χ3v) is 3.20. The summed E-state index contributed by atoms with van der Waals surface area (Å²) in [6, 6.07) is 6.64. The molecule has 1 aromatic rings. The molecule has 0 spiro atoms. The van der Waals surface area contributed by atoms with Crippen molar-refractivity contribution < 1.29 is 0 Å². The van der Waals surface area contributed by atoms with Crippen molar-refractivity contribution in [2.24, 2.45) is 11.8 Å². The Labute approximate surface area is 92.1 Å². The second-order valence-electron chi connectivity index (χ2n) is 4.97. The maximum atomic E-state index is 4.31. The minimum atomic E-state index is 0.610. The minimum Gasteiger partial charge on any atom is -0.367 e. The number of nitrogens with one attached hydrogen (secondary N) is 1. The summed E-state index contributed by atoms with van der Waals surface area (Å²) in [6.07, 6.45) is 5.78. The van der Waals surface area contributed by atoms with Gasteiger partial charge in [0, 0.05) is 12.2 Å². The molecule has 0 amide bonds. The van der Waals surface area contributed by atoms with E-state index in [1.165, 1.54) is 19.3 Å². The fraction of sp³-hybridized carbons (Fsp3) is 0.615. The molecular weight excluding hydrogens is 184 g/mol. The molecule has 0 saturated heterocycles. The van der Waals surface area contributed by atoms with Crippen LogP contribution in [0.5, 0.6) is 0 Å². The zero-order chi connectivity index (χ0) is 10.7. The molecule has 1 heterocycles. The smallest absolute Gasteiger partial charge is 0.126 e. The molecule has 2 heteroatoms. The monoisotopic (exact) mass is 204 g/mol. The predicted octanol–water partition coefficient (Wildman–Crippen LogP) is 3.32. The van der Waals surface area contributed by atoms with Gasteiger partial charge < -0.3 is 5.32 Å². The highest BCUT2D eigenvalue weighted by Crippen LogP contribution is 2.29. The molecule has 2 atom stereocenters. The number of hydrogen-bond donors (Lipinski definition) is 1. The van der Waals surface area contributed by atoms with Crippen LogP contribution in [0, 0.1) is 11.8 Å². The summed E-state index contributed by atoms with van der Waals surface area (Å²) in [4.78, 5) is 4.31. The van der Waals surface area contributed by atoms with Gasteiger partial charge >= 0.3 is 0 Å². The van der Waals surface area contributed by atoms with Gasteiger partial charge in [0.2, 0.25) is 0 Å². The molecule has 82 valence electrons. The van der Waals surface area contributed by atoms with Gasteiger partial charge in [0.15, 0.2) is 0 Å². The molecule has 0 bridgehead atoms. The Kier molecular flexibility index (Phi) is 3.24. The molecule has 15 heavy (non-hydrogen) atoms. The predicted molar refractivity (Wildman–Crippen MR) is 63.8 cm³/mol. The highest BCUT2D eigenvalue weighted by molar-refractivity contribution is 5.34. The Bertz CT molecular complexity index is 287. The third kappa shape index (κ3) is 2.95. The van der Waals surface area contributed by atoms with E-state index in [1.807, 2.05) is 24.4 Å². The molecule has 1 saturated carbocycles. The molecule has 2 rings (SSSR count). The maximum absolute atomic E-state index is 4.31. The first-order valence-corrected chi connectivity index (χ1v) is 5.91. The van der Waals surface area contributed by atoms with Crippen molar-refractivity contribution in [2.45, 2.75) is 39.2 Å². The molecule has 1 N–H and O–H groups in total. The Hall–Kier alpha value is -1.05. The SMILES string of the molecule is CC1CC(C)CC(Nc2ccccn2)C1. The molecule has 0 aliphatic heterocycles. The van der Waals surface area contributed by atoms with Crippen LogP contribution in [-0.4, -0.2) is 11.0 Å². The van der Waals surface area contributed by atoms with Gasteiger partial charge in [-0.1, -0.05) is 19.9 Å². The summed E-state index contributed by atoms with van der Waals surface area (Å²) in [6.45, 7) is 4.70. The number of hydrogen-bond acceptors (Lipinski definition) is 2. The Morgan fingerprint density at radius 3 is 2.47 bits per heavy atom. The first-order chi connectivity index (χ1) is 7.24. The number of pyridine rings is 1. The molecule has 1 fully saturated rings. The lowest BCUT2D eigenvalue weighted by Gasteiger charge is -2.32. The van der Waals surface area contributed by atoms with E-state index in [4.69, 9.17) is 0 Å². The standard InChI is InChI=1S/C13H20N2/c1-10-7-11(2)9-12(8-10)15-13-5-3-4-6-14-13/h3-6,10-12H,7-9H2,1-2H3,(H,14,15). The molecule has 1 aliphatic carbocycles. The molecule has 2 unspecified atom stereocenters. The average molecular weight is 204 g/mol. The lowest BCUT2D eigenvalue weighted by Crippen LogP contribution is -2.30. The van der Waals surface area contributed by atoms with Gasteiger partial charge in [0.25, 0.3) is 0 Å². The number of aromatic nitrogens is 1. The zero-order valence-corrected chi connectivity index (χ0v) is 9.61. The summed E-state index contributed by atoms with van der Waals surface area (Å²) in [5, 5.41) is 3.53. The van der Waals surface area contributed by atoms with Crippen LogP contribution >= 0.6 is 0 Å². The van der Waals surface area contributed by atoms with E-state index in [1.54, 1.807) is 0 Å². The number of anilines is 1. The lowest BCUT2D eigenvalue weighted by atomic mass is 9.80. The first kappa shape index (κ1) is 10.5. The first-order valence-electron chi connectivity index (χ1n) is 5.91. The van der Waals surface area contributed by atoms with E-state index in [2.05, 4.69) is 24.1 Å². The largest absolute Gasteiger partial charge is 0.367 e. The van der Waals surface area contributed by atoms with Crippen LogP contribution < -0.4 is 5.32 Å². The van der Waals surface area contributed by atoms with E-state index in [0.717, 1.165) is 17.7 Å². The Balaban J connectivity index is 1.94. The van der Waals surface area contributed by atoms with E-state index < -0.39 is 0 Å². The van der Waals surface area contributed by atoms with Gasteiger partial charge in [-0.25, -0.2) is 4.98 Å². The normalized spacial score (nSPS) is 31.2. The number of nitrogens with zero attached hydrogens (tertiary/aromatic N) is 1. The van der Waals surface area contributed by atoms with Crippen molar-refractivity contribution in [3.8, 4) is 0 Å². The van der Waals surface area contributed by atoms with Crippen molar-refractivity contribution >= 4 is 5.82 Å². The van der Waals surface area contributed by atoms with Crippen LogP contribution in [0.2, 0.25) is 0 Å². The van der Waals surface area contributed by atoms with Gasteiger partial charge in [0.1, 0.15) is 5.82 Å². The fourth-order valence-corrected chi connectivity index (χ4v) is 2.72. The van der Waals surface area contributed by atoms with E-state index in [-0.39, 0.29) is 0 Å². The van der Waals surface area contributed by atoms with Crippen molar-refractivity contribution in [2.75, 3.05) is 5.32 Å². The van der Waals surface area contributed by atoms with Crippen molar-refractivity contribution in [1.29, 1.82) is 0 Å². The van der Waals surface area contributed by atoms with Crippen LogP contribution in [0.4, 0.5) is 5.82 Å². The van der Waals surface area contributed by atoms with Crippen LogP contribution in [0.3, 0.4) is 0 Å². The molecule has 1 aromatic heterocycles. The summed E-state index contributed by atoms with van der Waals surface area (Å²) in [5.74, 6) is 2.70. The quantitative estimate of drug-likeness (QED) is 0.799. The highest BCUT2D eigenvalue weighted by Gasteiger charge is 2.23. The van der Waals surface area contributed by atoms with E-state index in [9.17, 15) is 0 Å². The summed E-state index contributed by atoms with van der Waals surface area (Å²) >= 11 is 0. The van der Waals surface area contributed by atoms with Crippen molar-refractivity contribution in [1.82, 2.24) is 4.98 Å². The Morgan fingerprint density at radius 2 is 1.87 bits per heavy atom. The fourth-order valence-electron chi connectivity index (χ4n) is 2.72. The van der Waals surface area contributed by atoms with Gasteiger partial charge in [-0.3, -0.25) is 0 Å². The third-order valence-electron chi connectivity index (χ3n) is 3.20. The van der Waals surface area contributed by atoms with Crippen molar-refractivity contribution in [3.63, 3.8) is 0 Å². The van der Waals surface area contributed by atoms with Gasteiger partial charge in [-0.05, 0) is 43.2 Å². The Morgan fingerprint density at radius 1 is 1.13 bits per heavy atom. The van der Waals surface area contributed by atoms with Crippen LogP contribution in [0.25, 0.3) is 0 Å². The molecule has 1 aliphatic rings. The lowest BCUT2D eigenvalue weighted by molar-refractivity contribution is 0.280. The van der Waals surface area contributed by atoms with Crippen LogP contribution in [0.1, 0.15) is 33.1 Å². The van der Waals surface area contributed by atoms with E-state index >= 15 is 0 Å². The zero-order valence-electron chi connectivity index (χ0n) is 9.61. The highest BCUT2D eigenvalue weighted by atomic mass is 15.0. The summed E-state index contributed by atoms with van der Waals surface area (Å²) in [7, 11) is 0. The molecule has 0 radical (unpaired) electrons. The second-order valence-corrected chi connectivity index (χ2v) is 4.97. The minimum absolute atomic E-state index is 0.610. The van der Waals surface area contributed by atoms with Gasteiger partial charge in [-0.2, -0.15) is 0 Å². The van der Waals surface area contributed by atoms with Gasteiger partial charge in [-0.15, -0.1) is 0 Å². The van der Waals surface area contributed by atoms with Crippen LogP contribution in [-0.2, 0) is 0 Å². The topological polar surface area (TPSA) is 24.9 Å². The summed E-state index contributed by atoms with van der Waals surface area (Å²) < 4.78 is 0. The maximum Gasteiger partial charge on any atom is 0.126 e. The van der Waals surface area contributed by atoms with E-state index in [0.29, 0.717) is 6.04 Å². The number of rotatable bonds is 2. The van der Waals surface area contributed by atoms with Gasteiger partial charge in [0.05, 0.1) is 0 Å².